The van der Waals surface area contributed by atoms with Crippen LogP contribution < -0.4 is 10.6 Å². The third-order valence-electron chi connectivity index (χ3n) is 6.40. The van der Waals surface area contributed by atoms with Gasteiger partial charge < -0.3 is 15.5 Å². The Morgan fingerprint density at radius 2 is 1.77 bits per heavy atom. The molecule has 3 amide bonds. The molecule has 1 aliphatic heterocycles. The van der Waals surface area contributed by atoms with E-state index in [0.29, 0.717) is 22.2 Å². The molecular formula is C24H27ClFN3O2. The molecule has 1 saturated carbocycles. The molecule has 0 radical (unpaired) electrons. The molecule has 2 fully saturated rings. The lowest BCUT2D eigenvalue weighted by Gasteiger charge is -2.41. The molecule has 2 aromatic carbocycles. The van der Waals surface area contributed by atoms with Gasteiger partial charge in [-0.15, -0.1) is 0 Å². The van der Waals surface area contributed by atoms with E-state index in [1.165, 1.54) is 37.8 Å². The summed E-state index contributed by atoms with van der Waals surface area (Å²) in [5.41, 5.74) is 1.76. The minimum Gasteiger partial charge on any atom is -0.338 e. The molecule has 164 valence electrons. The number of piperidine rings is 1. The lowest BCUT2D eigenvalue weighted by atomic mass is 9.75. The fourth-order valence-corrected chi connectivity index (χ4v) is 4.94. The first-order chi connectivity index (χ1) is 15.0. The summed E-state index contributed by atoms with van der Waals surface area (Å²) >= 11 is 6.40. The number of hydrogen-bond acceptors (Lipinski definition) is 2. The number of halogens is 2. The number of nitrogens with zero attached hydrogens (tertiary/aromatic N) is 1. The Hall–Kier alpha value is -2.60. The highest BCUT2D eigenvalue weighted by Crippen LogP contribution is 2.36. The van der Waals surface area contributed by atoms with Crippen LogP contribution in [0.4, 0.5) is 14.9 Å². The maximum absolute atomic E-state index is 13.0. The smallest absolute Gasteiger partial charge is 0.319 e. The fraction of sp³-hybridized carbons (Fsp3) is 0.417. The normalized spacial score (nSPS) is 20.6. The lowest BCUT2D eigenvalue weighted by Crippen LogP contribution is -2.44. The molecule has 0 bridgehead atoms. The second-order valence-electron chi connectivity index (χ2n) is 8.47. The van der Waals surface area contributed by atoms with Crippen molar-refractivity contribution in [3.63, 3.8) is 0 Å². The summed E-state index contributed by atoms with van der Waals surface area (Å²) < 4.78 is 13.0. The Labute approximate surface area is 187 Å². The van der Waals surface area contributed by atoms with Crippen LogP contribution in [-0.2, 0) is 6.54 Å². The molecule has 0 spiro atoms. The average Bonchev–Trinajstić information content (AvgIpc) is 2.78. The number of fused-ring (bicyclic) bond motifs is 1. The number of amides is 3. The molecule has 1 heterocycles. The zero-order chi connectivity index (χ0) is 21.8. The number of likely N-dealkylation sites (tertiary alicyclic amines) is 1. The first kappa shape index (κ1) is 21.6. The quantitative estimate of drug-likeness (QED) is 0.659. The SMILES string of the molecule is O=C(NCc1ccc(F)cc1)Nc1ccc(C(=O)N2CC[C@H]3CCCC[C@H]3C2)c(Cl)c1. The van der Waals surface area contributed by atoms with E-state index in [-0.39, 0.29) is 18.3 Å². The van der Waals surface area contributed by atoms with E-state index in [9.17, 15) is 14.0 Å². The van der Waals surface area contributed by atoms with Crippen molar-refractivity contribution in [3.8, 4) is 0 Å². The van der Waals surface area contributed by atoms with Crippen molar-refractivity contribution in [1.82, 2.24) is 10.2 Å². The molecule has 2 atom stereocenters. The summed E-state index contributed by atoms with van der Waals surface area (Å²) in [7, 11) is 0. The minimum absolute atomic E-state index is 0.0404. The second kappa shape index (κ2) is 9.69. The van der Waals surface area contributed by atoms with Crippen LogP contribution in [0.5, 0.6) is 0 Å². The summed E-state index contributed by atoms with van der Waals surface area (Å²) in [6, 6.07) is 10.5. The molecule has 5 nitrogen and oxygen atoms in total. The predicted molar refractivity (Wildman–Crippen MR) is 120 cm³/mol. The monoisotopic (exact) mass is 443 g/mol. The minimum atomic E-state index is -0.404. The van der Waals surface area contributed by atoms with E-state index < -0.39 is 6.03 Å². The third kappa shape index (κ3) is 5.37. The van der Waals surface area contributed by atoms with E-state index in [2.05, 4.69) is 10.6 Å². The van der Waals surface area contributed by atoms with Crippen molar-refractivity contribution in [2.75, 3.05) is 18.4 Å². The van der Waals surface area contributed by atoms with Gasteiger partial charge in [0.25, 0.3) is 5.91 Å². The van der Waals surface area contributed by atoms with E-state index in [0.717, 1.165) is 31.0 Å². The number of rotatable bonds is 4. The molecule has 2 aromatic rings. The maximum atomic E-state index is 13.0. The van der Waals surface area contributed by atoms with E-state index in [1.807, 2.05) is 4.90 Å². The lowest BCUT2D eigenvalue weighted by molar-refractivity contribution is 0.0521. The fourth-order valence-electron chi connectivity index (χ4n) is 4.68. The average molecular weight is 444 g/mol. The standard InChI is InChI=1S/C24H27ClFN3O2/c25-22-13-20(28-24(31)27-14-16-5-7-19(26)8-6-16)9-10-21(22)23(30)29-12-11-17-3-1-2-4-18(17)15-29/h5-10,13,17-18H,1-4,11-12,14-15H2,(H2,27,28,31)/t17-,18+/m1/s1. The summed E-state index contributed by atoms with van der Waals surface area (Å²) in [4.78, 5) is 27.1. The molecule has 0 aromatic heterocycles. The van der Waals surface area contributed by atoms with Crippen LogP contribution in [0.2, 0.25) is 5.02 Å². The van der Waals surface area contributed by atoms with Gasteiger partial charge in [0.05, 0.1) is 10.6 Å². The second-order valence-corrected chi connectivity index (χ2v) is 8.88. The van der Waals surface area contributed by atoms with Gasteiger partial charge in [0.15, 0.2) is 0 Å². The van der Waals surface area contributed by atoms with Crippen molar-refractivity contribution in [2.24, 2.45) is 11.8 Å². The van der Waals surface area contributed by atoms with Crippen LogP contribution in [0, 0.1) is 17.7 Å². The Bertz CT molecular complexity index is 950. The summed E-state index contributed by atoms with van der Waals surface area (Å²) in [6.45, 7) is 1.86. The molecule has 1 saturated heterocycles. The Balaban J connectivity index is 1.33. The summed E-state index contributed by atoms with van der Waals surface area (Å²) in [6.07, 6.45) is 6.14. The number of anilines is 1. The maximum Gasteiger partial charge on any atom is 0.319 e. The van der Waals surface area contributed by atoms with Gasteiger partial charge >= 0.3 is 6.03 Å². The summed E-state index contributed by atoms with van der Waals surface area (Å²) in [5.74, 6) is 1.01. The molecule has 4 rings (SSSR count). The zero-order valence-electron chi connectivity index (χ0n) is 17.4. The Morgan fingerprint density at radius 1 is 1.03 bits per heavy atom. The van der Waals surface area contributed by atoms with E-state index in [1.54, 1.807) is 30.3 Å². The molecule has 1 aliphatic carbocycles. The number of hydrogen-bond donors (Lipinski definition) is 2. The van der Waals surface area contributed by atoms with Crippen LogP contribution in [0.1, 0.15) is 48.0 Å². The number of benzene rings is 2. The van der Waals surface area contributed by atoms with Crippen LogP contribution >= 0.6 is 11.6 Å². The molecular weight excluding hydrogens is 417 g/mol. The molecule has 31 heavy (non-hydrogen) atoms. The van der Waals surface area contributed by atoms with Crippen LogP contribution in [0.25, 0.3) is 0 Å². The molecule has 0 unspecified atom stereocenters. The number of carbonyl (C=O) groups excluding carboxylic acids is 2. The van der Waals surface area contributed by atoms with Crippen molar-refractivity contribution in [3.05, 3.63) is 64.4 Å². The van der Waals surface area contributed by atoms with Gasteiger partial charge in [0, 0.05) is 25.3 Å². The van der Waals surface area contributed by atoms with Gasteiger partial charge in [-0.1, -0.05) is 43.0 Å². The van der Waals surface area contributed by atoms with Crippen molar-refractivity contribution >= 4 is 29.2 Å². The first-order valence-corrected chi connectivity index (χ1v) is 11.3. The predicted octanol–water partition coefficient (Wildman–Crippen LogP) is 5.45. The number of nitrogens with one attached hydrogen (secondary N) is 2. The molecule has 7 heteroatoms. The number of carbonyl (C=O) groups is 2. The Morgan fingerprint density at radius 3 is 2.52 bits per heavy atom. The van der Waals surface area contributed by atoms with Gasteiger partial charge in [-0.2, -0.15) is 0 Å². The highest BCUT2D eigenvalue weighted by atomic mass is 35.5. The zero-order valence-corrected chi connectivity index (χ0v) is 18.1. The van der Waals surface area contributed by atoms with Crippen molar-refractivity contribution in [2.45, 2.75) is 38.6 Å². The van der Waals surface area contributed by atoms with Gasteiger partial charge in [-0.05, 0) is 60.6 Å². The third-order valence-corrected chi connectivity index (χ3v) is 6.71. The van der Waals surface area contributed by atoms with Crippen LogP contribution in [0.15, 0.2) is 42.5 Å². The van der Waals surface area contributed by atoms with Crippen molar-refractivity contribution in [1.29, 1.82) is 0 Å². The van der Waals surface area contributed by atoms with Crippen LogP contribution in [-0.4, -0.2) is 29.9 Å². The number of urea groups is 1. The summed E-state index contributed by atoms with van der Waals surface area (Å²) in [5, 5.41) is 5.75. The first-order valence-electron chi connectivity index (χ1n) is 10.9. The van der Waals surface area contributed by atoms with Crippen molar-refractivity contribution < 1.29 is 14.0 Å². The van der Waals surface area contributed by atoms with Gasteiger partial charge in [-0.3, -0.25) is 4.79 Å². The highest BCUT2D eigenvalue weighted by Gasteiger charge is 2.33. The molecule has 2 aliphatic rings. The van der Waals surface area contributed by atoms with E-state index >= 15 is 0 Å². The Kier molecular flexibility index (Phi) is 6.76. The highest BCUT2D eigenvalue weighted by molar-refractivity contribution is 6.34. The molecule has 2 N–H and O–H groups in total. The van der Waals surface area contributed by atoms with Gasteiger partial charge in [0.2, 0.25) is 0 Å². The van der Waals surface area contributed by atoms with E-state index in [4.69, 9.17) is 11.6 Å². The van der Waals surface area contributed by atoms with Gasteiger partial charge in [0.1, 0.15) is 5.82 Å². The van der Waals surface area contributed by atoms with Crippen LogP contribution in [0.3, 0.4) is 0 Å². The largest absolute Gasteiger partial charge is 0.338 e. The van der Waals surface area contributed by atoms with Gasteiger partial charge in [-0.25, -0.2) is 9.18 Å². The topological polar surface area (TPSA) is 61.4 Å².